The van der Waals surface area contributed by atoms with Crippen molar-refractivity contribution in [3.8, 4) is 11.1 Å². The van der Waals surface area contributed by atoms with Gasteiger partial charge in [0.1, 0.15) is 0 Å². The molecule has 2 nitrogen and oxygen atoms in total. The highest BCUT2D eigenvalue weighted by molar-refractivity contribution is 6.18. The van der Waals surface area contributed by atoms with E-state index in [0.717, 1.165) is 45.3 Å². The lowest BCUT2D eigenvalue weighted by atomic mass is 9.96. The SMILES string of the molecule is C(=Cc1ccc(N(c2cc3ccccc3c3ccccc23)c2cc3ccccc3c3ccccc23)cc1)c1ccc(-c2ccc(N(c3ccccc3)c3ccccc3)cc2)cc1. The largest absolute Gasteiger partial charge is 0.311 e. The molecule has 0 saturated carbocycles. The lowest BCUT2D eigenvalue weighted by Gasteiger charge is -2.29. The zero-order valence-corrected chi connectivity index (χ0v) is 34.1. The van der Waals surface area contributed by atoms with Crippen LogP contribution in [0.2, 0.25) is 0 Å². The topological polar surface area (TPSA) is 6.48 Å². The minimum absolute atomic E-state index is 1.11. The monoisotopic (exact) mass is 790 g/mol. The van der Waals surface area contributed by atoms with Gasteiger partial charge in [-0.2, -0.15) is 0 Å². The molecule has 0 saturated heterocycles. The van der Waals surface area contributed by atoms with Crippen LogP contribution in [-0.4, -0.2) is 0 Å². The van der Waals surface area contributed by atoms with Gasteiger partial charge in [-0.3, -0.25) is 0 Å². The molecular formula is C60H42N2. The molecule has 0 N–H and O–H groups in total. The van der Waals surface area contributed by atoms with E-state index in [1.807, 2.05) is 0 Å². The average molecular weight is 791 g/mol. The molecule has 62 heavy (non-hydrogen) atoms. The highest BCUT2D eigenvalue weighted by Gasteiger charge is 2.20. The summed E-state index contributed by atoms with van der Waals surface area (Å²) in [5, 5.41) is 9.88. The van der Waals surface area contributed by atoms with Crippen LogP contribution in [0.5, 0.6) is 0 Å². The van der Waals surface area contributed by atoms with Gasteiger partial charge in [-0.05, 0) is 115 Å². The molecule has 0 aliphatic heterocycles. The molecule has 292 valence electrons. The molecule has 0 amide bonds. The zero-order valence-electron chi connectivity index (χ0n) is 34.1. The molecule has 11 aromatic carbocycles. The van der Waals surface area contributed by atoms with E-state index in [0.29, 0.717) is 0 Å². The Kier molecular flexibility index (Phi) is 9.57. The molecule has 0 unspecified atom stereocenters. The Bertz CT molecular complexity index is 3210. The van der Waals surface area contributed by atoms with E-state index in [1.165, 1.54) is 54.2 Å². The molecule has 0 radical (unpaired) electrons. The van der Waals surface area contributed by atoms with Crippen LogP contribution in [-0.2, 0) is 0 Å². The Morgan fingerprint density at radius 1 is 0.242 bits per heavy atom. The minimum Gasteiger partial charge on any atom is -0.311 e. The second-order valence-corrected chi connectivity index (χ2v) is 15.8. The van der Waals surface area contributed by atoms with Gasteiger partial charge in [0.2, 0.25) is 0 Å². The van der Waals surface area contributed by atoms with Gasteiger partial charge in [-0.15, -0.1) is 0 Å². The first-order chi connectivity index (χ1) is 30.7. The highest BCUT2D eigenvalue weighted by atomic mass is 15.1. The van der Waals surface area contributed by atoms with Crippen molar-refractivity contribution < 1.29 is 0 Å². The van der Waals surface area contributed by atoms with Crippen LogP contribution < -0.4 is 9.80 Å². The summed E-state index contributed by atoms with van der Waals surface area (Å²) in [6.07, 6.45) is 4.40. The standard InChI is InChI=1S/C60H42N2/c1-3-17-49(18-4-1)61(50-19-5-2-6-20-50)51-39-35-46(36-40-51)45-33-29-43(30-34-45)27-28-44-31-37-52(38-32-44)62(59-41-47-15-7-9-21-53(47)55-23-11-13-25-57(55)59)60-42-48-16-8-10-22-54(48)56-24-12-14-26-58(56)60/h1-42H. The number of para-hydroxylation sites is 2. The second kappa shape index (κ2) is 16.1. The molecule has 0 heterocycles. The van der Waals surface area contributed by atoms with Gasteiger partial charge in [0.15, 0.2) is 0 Å². The highest BCUT2D eigenvalue weighted by Crippen LogP contribution is 2.46. The molecule has 0 bridgehead atoms. The lowest BCUT2D eigenvalue weighted by Crippen LogP contribution is -2.11. The van der Waals surface area contributed by atoms with Crippen molar-refractivity contribution in [1.29, 1.82) is 0 Å². The van der Waals surface area contributed by atoms with Crippen LogP contribution >= 0.6 is 0 Å². The minimum atomic E-state index is 1.11. The van der Waals surface area contributed by atoms with Crippen molar-refractivity contribution >= 4 is 89.4 Å². The second-order valence-electron chi connectivity index (χ2n) is 15.8. The maximum absolute atomic E-state index is 2.46. The Balaban J connectivity index is 0.912. The maximum Gasteiger partial charge on any atom is 0.0546 e. The summed E-state index contributed by atoms with van der Waals surface area (Å²) in [6, 6.07) is 87.5. The molecule has 2 heteroatoms. The van der Waals surface area contributed by atoms with Crippen LogP contribution in [0.3, 0.4) is 0 Å². The molecule has 11 aromatic rings. The van der Waals surface area contributed by atoms with Gasteiger partial charge in [-0.1, -0.05) is 194 Å². The van der Waals surface area contributed by atoms with Crippen molar-refractivity contribution in [3.05, 3.63) is 254 Å². The van der Waals surface area contributed by atoms with Gasteiger partial charge in [0, 0.05) is 33.5 Å². The Labute approximate surface area is 362 Å². The predicted molar refractivity (Wildman–Crippen MR) is 267 cm³/mol. The van der Waals surface area contributed by atoms with Crippen molar-refractivity contribution in [1.82, 2.24) is 0 Å². The first-order valence-corrected chi connectivity index (χ1v) is 21.3. The van der Waals surface area contributed by atoms with Gasteiger partial charge in [0.25, 0.3) is 0 Å². The first-order valence-electron chi connectivity index (χ1n) is 21.3. The van der Waals surface area contributed by atoms with E-state index in [9.17, 15) is 0 Å². The summed E-state index contributed by atoms with van der Waals surface area (Å²) in [6.45, 7) is 0. The Hall–Kier alpha value is -8.20. The Morgan fingerprint density at radius 2 is 0.565 bits per heavy atom. The molecule has 0 spiro atoms. The summed E-state index contributed by atoms with van der Waals surface area (Å²) >= 11 is 0. The van der Waals surface area contributed by atoms with E-state index in [1.54, 1.807) is 0 Å². The number of benzene rings is 11. The fourth-order valence-corrected chi connectivity index (χ4v) is 8.96. The van der Waals surface area contributed by atoms with Crippen molar-refractivity contribution in [2.45, 2.75) is 0 Å². The third-order valence-electron chi connectivity index (χ3n) is 12.0. The van der Waals surface area contributed by atoms with Gasteiger partial charge in [-0.25, -0.2) is 0 Å². The van der Waals surface area contributed by atoms with E-state index in [2.05, 4.69) is 265 Å². The number of fused-ring (bicyclic) bond motifs is 6. The average Bonchev–Trinajstić information content (AvgIpc) is 3.35. The van der Waals surface area contributed by atoms with E-state index in [-0.39, 0.29) is 0 Å². The number of nitrogens with zero attached hydrogens (tertiary/aromatic N) is 2. The molecule has 0 aliphatic rings. The van der Waals surface area contributed by atoms with Crippen molar-refractivity contribution in [3.63, 3.8) is 0 Å². The number of anilines is 6. The molecule has 11 rings (SSSR count). The zero-order chi connectivity index (χ0) is 41.2. The van der Waals surface area contributed by atoms with E-state index in [4.69, 9.17) is 0 Å². The number of rotatable bonds is 9. The van der Waals surface area contributed by atoms with Crippen molar-refractivity contribution in [2.75, 3.05) is 9.80 Å². The molecule has 0 fully saturated rings. The van der Waals surface area contributed by atoms with Crippen LogP contribution in [0.4, 0.5) is 34.1 Å². The first kappa shape index (κ1) is 36.8. The fourth-order valence-electron chi connectivity index (χ4n) is 8.96. The number of hydrogen-bond donors (Lipinski definition) is 0. The summed E-state index contributed by atoms with van der Waals surface area (Å²) in [5.74, 6) is 0. The predicted octanol–water partition coefficient (Wildman–Crippen LogP) is 17.1. The van der Waals surface area contributed by atoms with Crippen LogP contribution in [0.25, 0.3) is 66.4 Å². The van der Waals surface area contributed by atoms with Gasteiger partial charge in [0.05, 0.1) is 11.4 Å². The van der Waals surface area contributed by atoms with E-state index >= 15 is 0 Å². The fraction of sp³-hybridized carbons (Fsp3) is 0. The summed E-state index contributed by atoms with van der Waals surface area (Å²) in [4.78, 5) is 4.75. The number of hydrogen-bond acceptors (Lipinski definition) is 2. The summed E-state index contributed by atoms with van der Waals surface area (Å²) in [5.41, 5.74) is 11.5. The lowest BCUT2D eigenvalue weighted by molar-refractivity contribution is 1.28. The van der Waals surface area contributed by atoms with Crippen LogP contribution in [0.15, 0.2) is 243 Å². The third kappa shape index (κ3) is 6.94. The Morgan fingerprint density at radius 3 is 1.03 bits per heavy atom. The molecule has 0 aliphatic carbocycles. The van der Waals surface area contributed by atoms with Crippen molar-refractivity contribution in [2.24, 2.45) is 0 Å². The van der Waals surface area contributed by atoms with Crippen LogP contribution in [0.1, 0.15) is 11.1 Å². The summed E-state index contributed by atoms with van der Waals surface area (Å²) < 4.78 is 0. The van der Waals surface area contributed by atoms with E-state index < -0.39 is 0 Å². The summed E-state index contributed by atoms with van der Waals surface area (Å²) in [7, 11) is 0. The quantitative estimate of drug-likeness (QED) is 0.106. The smallest absolute Gasteiger partial charge is 0.0546 e. The van der Waals surface area contributed by atoms with Crippen LogP contribution in [0, 0.1) is 0 Å². The third-order valence-corrected chi connectivity index (χ3v) is 12.0. The maximum atomic E-state index is 2.46. The van der Waals surface area contributed by atoms with Gasteiger partial charge < -0.3 is 9.80 Å². The molecular weight excluding hydrogens is 749 g/mol. The molecule has 0 atom stereocenters. The van der Waals surface area contributed by atoms with Gasteiger partial charge >= 0.3 is 0 Å². The normalized spacial score (nSPS) is 11.5. The molecule has 0 aromatic heterocycles.